The first kappa shape index (κ1) is 14.8. The van der Waals surface area contributed by atoms with Crippen molar-refractivity contribution in [2.75, 3.05) is 19.8 Å². The van der Waals surface area contributed by atoms with Gasteiger partial charge in [0.2, 0.25) is 0 Å². The van der Waals surface area contributed by atoms with Crippen LogP contribution in [0.3, 0.4) is 0 Å². The van der Waals surface area contributed by atoms with Gasteiger partial charge in [0.25, 0.3) is 0 Å². The molecule has 0 saturated carbocycles. The SMILES string of the molecule is CCNC(C)c1cnc(-c2cc(Br)c3c(c2)OCCO3)s1. The second-order valence-corrected chi connectivity index (χ2v) is 6.75. The van der Waals surface area contributed by atoms with Crippen molar-refractivity contribution >= 4 is 27.3 Å². The minimum atomic E-state index is 0.321. The molecule has 0 bridgehead atoms. The van der Waals surface area contributed by atoms with E-state index < -0.39 is 0 Å². The van der Waals surface area contributed by atoms with Crippen LogP contribution in [0, 0.1) is 0 Å². The van der Waals surface area contributed by atoms with Crippen molar-refractivity contribution < 1.29 is 9.47 Å². The number of nitrogens with one attached hydrogen (secondary N) is 1. The van der Waals surface area contributed by atoms with E-state index >= 15 is 0 Å². The molecule has 1 aliphatic rings. The van der Waals surface area contributed by atoms with Gasteiger partial charge >= 0.3 is 0 Å². The predicted octanol–water partition coefficient (Wildman–Crippen LogP) is 4.01. The zero-order valence-electron chi connectivity index (χ0n) is 12.0. The molecule has 1 aliphatic heterocycles. The van der Waals surface area contributed by atoms with Crippen LogP contribution in [-0.2, 0) is 0 Å². The predicted molar refractivity (Wildman–Crippen MR) is 88.3 cm³/mol. The van der Waals surface area contributed by atoms with E-state index in [1.807, 2.05) is 18.3 Å². The van der Waals surface area contributed by atoms with E-state index in [1.165, 1.54) is 4.88 Å². The van der Waals surface area contributed by atoms with Crippen LogP contribution in [0.4, 0.5) is 0 Å². The molecule has 0 radical (unpaired) electrons. The normalized spacial score (nSPS) is 15.0. The number of fused-ring (bicyclic) bond motifs is 1. The summed E-state index contributed by atoms with van der Waals surface area (Å²) in [5.74, 6) is 1.56. The van der Waals surface area contributed by atoms with Crippen molar-refractivity contribution in [3.63, 3.8) is 0 Å². The summed E-state index contributed by atoms with van der Waals surface area (Å²) in [5.41, 5.74) is 1.05. The highest BCUT2D eigenvalue weighted by atomic mass is 79.9. The van der Waals surface area contributed by atoms with E-state index in [0.717, 1.165) is 33.1 Å². The van der Waals surface area contributed by atoms with Crippen molar-refractivity contribution in [3.8, 4) is 22.1 Å². The number of ether oxygens (including phenoxy) is 2. The molecule has 21 heavy (non-hydrogen) atoms. The zero-order valence-corrected chi connectivity index (χ0v) is 14.4. The van der Waals surface area contributed by atoms with E-state index in [0.29, 0.717) is 19.3 Å². The molecule has 1 aromatic carbocycles. The molecule has 0 aliphatic carbocycles. The van der Waals surface area contributed by atoms with Crippen molar-refractivity contribution in [1.82, 2.24) is 10.3 Å². The lowest BCUT2D eigenvalue weighted by Gasteiger charge is -2.20. The number of hydrogen-bond donors (Lipinski definition) is 1. The van der Waals surface area contributed by atoms with Crippen molar-refractivity contribution in [1.29, 1.82) is 0 Å². The van der Waals surface area contributed by atoms with Crippen LogP contribution in [-0.4, -0.2) is 24.7 Å². The lowest BCUT2D eigenvalue weighted by atomic mass is 10.2. The number of benzene rings is 1. The second kappa shape index (κ2) is 6.34. The van der Waals surface area contributed by atoms with Crippen molar-refractivity contribution in [2.45, 2.75) is 19.9 Å². The van der Waals surface area contributed by atoms with E-state index in [4.69, 9.17) is 9.47 Å². The molecule has 0 amide bonds. The van der Waals surface area contributed by atoms with E-state index in [9.17, 15) is 0 Å². The third-order valence-corrected chi connectivity index (χ3v) is 5.12. The van der Waals surface area contributed by atoms with Gasteiger partial charge in [0, 0.05) is 22.7 Å². The Morgan fingerprint density at radius 1 is 1.38 bits per heavy atom. The topological polar surface area (TPSA) is 43.4 Å². The Bertz CT molecular complexity index is 645. The standard InChI is InChI=1S/C15H17BrN2O2S/c1-3-17-9(2)13-8-18-15(21-13)10-6-11(16)14-12(7-10)19-4-5-20-14/h6-9,17H,3-5H2,1-2H3. The maximum Gasteiger partial charge on any atom is 0.175 e. The number of hydrogen-bond acceptors (Lipinski definition) is 5. The Morgan fingerprint density at radius 2 is 2.19 bits per heavy atom. The first-order valence-electron chi connectivity index (χ1n) is 6.97. The molecule has 0 saturated heterocycles. The van der Waals surface area contributed by atoms with Gasteiger partial charge in [-0.25, -0.2) is 4.98 Å². The molecule has 0 spiro atoms. The Morgan fingerprint density at radius 3 is 3.00 bits per heavy atom. The maximum absolute atomic E-state index is 5.67. The molecule has 112 valence electrons. The average molecular weight is 369 g/mol. The van der Waals surface area contributed by atoms with Gasteiger partial charge in [-0.15, -0.1) is 11.3 Å². The molecule has 6 heteroatoms. The van der Waals surface area contributed by atoms with Gasteiger partial charge < -0.3 is 14.8 Å². The van der Waals surface area contributed by atoms with E-state index in [1.54, 1.807) is 11.3 Å². The zero-order chi connectivity index (χ0) is 14.8. The van der Waals surface area contributed by atoms with E-state index in [2.05, 4.69) is 40.1 Å². The molecule has 1 unspecified atom stereocenters. The van der Waals surface area contributed by atoms with Gasteiger partial charge in [0.05, 0.1) is 4.47 Å². The largest absolute Gasteiger partial charge is 0.486 e. The minimum absolute atomic E-state index is 0.321. The molecule has 2 aromatic rings. The van der Waals surface area contributed by atoms with Gasteiger partial charge in [-0.2, -0.15) is 0 Å². The van der Waals surface area contributed by atoms with Crippen LogP contribution in [0.2, 0.25) is 0 Å². The third kappa shape index (κ3) is 3.07. The summed E-state index contributed by atoms with van der Waals surface area (Å²) in [6.07, 6.45) is 1.94. The van der Waals surface area contributed by atoms with Crippen molar-refractivity contribution in [2.24, 2.45) is 0 Å². The summed E-state index contributed by atoms with van der Waals surface area (Å²) >= 11 is 5.25. The molecule has 3 rings (SSSR count). The van der Waals surface area contributed by atoms with Gasteiger partial charge in [-0.3, -0.25) is 0 Å². The molecule has 1 N–H and O–H groups in total. The van der Waals surface area contributed by atoms with Gasteiger partial charge in [-0.05, 0) is 41.5 Å². The monoisotopic (exact) mass is 368 g/mol. The summed E-state index contributed by atoms with van der Waals surface area (Å²) < 4.78 is 12.2. The third-order valence-electron chi connectivity index (χ3n) is 3.30. The van der Waals surface area contributed by atoms with Crippen molar-refractivity contribution in [3.05, 3.63) is 27.7 Å². The fourth-order valence-electron chi connectivity index (χ4n) is 2.26. The second-order valence-electron chi connectivity index (χ2n) is 4.83. The highest BCUT2D eigenvalue weighted by molar-refractivity contribution is 9.10. The number of rotatable bonds is 4. The molecule has 4 nitrogen and oxygen atoms in total. The summed E-state index contributed by atoms with van der Waals surface area (Å²) in [6, 6.07) is 4.36. The molecular formula is C15H17BrN2O2S. The minimum Gasteiger partial charge on any atom is -0.486 e. The van der Waals surface area contributed by atoms with Crippen LogP contribution in [0.5, 0.6) is 11.5 Å². The van der Waals surface area contributed by atoms with Crippen LogP contribution in [0.15, 0.2) is 22.8 Å². The summed E-state index contributed by atoms with van der Waals surface area (Å²) in [6.45, 7) is 6.39. The van der Waals surface area contributed by atoms with Crippen LogP contribution in [0.1, 0.15) is 24.8 Å². The van der Waals surface area contributed by atoms with Gasteiger partial charge in [0.15, 0.2) is 11.5 Å². The average Bonchev–Trinajstić information content (AvgIpc) is 2.97. The fraction of sp³-hybridized carbons (Fsp3) is 0.400. The first-order valence-corrected chi connectivity index (χ1v) is 8.58. The van der Waals surface area contributed by atoms with Crippen LogP contribution >= 0.6 is 27.3 Å². The first-order chi connectivity index (χ1) is 10.2. The summed E-state index contributed by atoms with van der Waals surface area (Å²) in [7, 11) is 0. The molecule has 0 fully saturated rings. The number of halogens is 1. The smallest absolute Gasteiger partial charge is 0.175 e. The Labute approximate surface area is 136 Å². The molecule has 1 aromatic heterocycles. The Kier molecular flexibility index (Phi) is 4.47. The van der Waals surface area contributed by atoms with Crippen LogP contribution < -0.4 is 14.8 Å². The lowest BCUT2D eigenvalue weighted by Crippen LogP contribution is -2.16. The number of aromatic nitrogens is 1. The maximum atomic E-state index is 5.67. The highest BCUT2D eigenvalue weighted by Crippen LogP contribution is 2.42. The lowest BCUT2D eigenvalue weighted by molar-refractivity contribution is 0.170. The number of thiazole rings is 1. The molecular weight excluding hydrogens is 352 g/mol. The van der Waals surface area contributed by atoms with Gasteiger partial charge in [-0.1, -0.05) is 6.92 Å². The fourth-order valence-corrected chi connectivity index (χ4v) is 3.75. The summed E-state index contributed by atoms with van der Waals surface area (Å²) in [5, 5.41) is 4.40. The number of nitrogens with zero attached hydrogens (tertiary/aromatic N) is 1. The van der Waals surface area contributed by atoms with Crippen LogP contribution in [0.25, 0.3) is 10.6 Å². The van der Waals surface area contributed by atoms with E-state index in [-0.39, 0.29) is 0 Å². The Balaban J connectivity index is 1.92. The Hall–Kier alpha value is -1.11. The molecule has 1 atom stereocenters. The molecule has 2 heterocycles. The summed E-state index contributed by atoms with van der Waals surface area (Å²) in [4.78, 5) is 5.78. The quantitative estimate of drug-likeness (QED) is 0.884. The van der Waals surface area contributed by atoms with Gasteiger partial charge in [0.1, 0.15) is 18.2 Å². The highest BCUT2D eigenvalue weighted by Gasteiger charge is 2.18.